The molecule has 6 rings (SSSR count). The fourth-order valence-corrected chi connectivity index (χ4v) is 6.65. The zero-order chi connectivity index (χ0) is 29.8. The molecular weight excluding hydrogens is 543 g/mol. The Bertz CT molecular complexity index is 1870. The van der Waals surface area contributed by atoms with Gasteiger partial charge in [0.1, 0.15) is 22.7 Å². The van der Waals surface area contributed by atoms with Crippen molar-refractivity contribution in [3.05, 3.63) is 90.0 Å². The van der Waals surface area contributed by atoms with E-state index >= 15 is 0 Å². The average Bonchev–Trinajstić information content (AvgIpc) is 3.11. The molecule has 5 aromatic carbocycles. The molecule has 5 nitrogen and oxygen atoms in total. The predicted octanol–water partition coefficient (Wildman–Crippen LogP) is 11.1. The number of ether oxygens (including phenoxy) is 2. The van der Waals surface area contributed by atoms with Crippen molar-refractivity contribution in [3.8, 4) is 17.2 Å². The Morgan fingerprint density at radius 2 is 0.976 bits per heavy atom. The van der Waals surface area contributed by atoms with Crippen molar-refractivity contribution < 1.29 is 22.4 Å². The largest absolute Gasteiger partial charge is 0.497 e. The van der Waals surface area contributed by atoms with Gasteiger partial charge in [0.15, 0.2) is 5.75 Å². The van der Waals surface area contributed by atoms with Crippen molar-refractivity contribution >= 4 is 51.7 Å². The first-order valence-corrected chi connectivity index (χ1v) is 15.3. The van der Waals surface area contributed by atoms with Crippen LogP contribution in [0.4, 0.5) is 0 Å². The molecule has 1 aromatic heterocycles. The Morgan fingerprint density at radius 3 is 1.38 bits per heavy atom. The molecule has 0 saturated carbocycles. The van der Waals surface area contributed by atoms with Crippen LogP contribution in [-0.4, -0.2) is 14.2 Å². The van der Waals surface area contributed by atoms with E-state index in [1.54, 1.807) is 14.2 Å². The van der Waals surface area contributed by atoms with Gasteiger partial charge in [-0.05, 0) is 51.9 Å². The molecule has 1 heterocycles. The fourth-order valence-electron chi connectivity index (χ4n) is 5.50. The first-order chi connectivity index (χ1) is 20.0. The molecular formula is C36H37O5P. The highest BCUT2D eigenvalue weighted by molar-refractivity contribution is 7.32. The second-order valence-electron chi connectivity index (χ2n) is 12.7. The molecule has 0 saturated heterocycles. The third-order valence-corrected chi connectivity index (χ3v) is 8.72. The van der Waals surface area contributed by atoms with Crippen molar-refractivity contribution in [2.45, 2.75) is 52.4 Å². The molecule has 0 aliphatic carbocycles. The van der Waals surface area contributed by atoms with Crippen molar-refractivity contribution in [2.75, 3.05) is 14.2 Å². The monoisotopic (exact) mass is 580 g/mol. The molecule has 0 bridgehead atoms. The van der Waals surface area contributed by atoms with E-state index in [4.69, 9.17) is 22.4 Å². The van der Waals surface area contributed by atoms with Crippen LogP contribution in [0.5, 0.6) is 17.2 Å². The summed E-state index contributed by atoms with van der Waals surface area (Å²) in [4.78, 5) is 0. The van der Waals surface area contributed by atoms with Crippen LogP contribution in [0.3, 0.4) is 0 Å². The first kappa shape index (κ1) is 28.1. The van der Waals surface area contributed by atoms with Gasteiger partial charge in [0.25, 0.3) is 0 Å². The molecule has 0 aliphatic rings. The van der Waals surface area contributed by atoms with Gasteiger partial charge in [0, 0.05) is 32.7 Å². The summed E-state index contributed by atoms with van der Waals surface area (Å²) in [5.41, 5.74) is 2.97. The van der Waals surface area contributed by atoms with Gasteiger partial charge in [-0.3, -0.25) is 0 Å². The maximum Gasteiger partial charge on any atom is 0.453 e. The second-order valence-corrected chi connectivity index (χ2v) is 13.7. The number of benzene rings is 5. The van der Waals surface area contributed by atoms with Crippen LogP contribution in [0.2, 0.25) is 0 Å². The molecule has 42 heavy (non-hydrogen) atoms. The molecule has 0 spiro atoms. The quantitative estimate of drug-likeness (QED) is 0.194. The van der Waals surface area contributed by atoms with Gasteiger partial charge in [-0.1, -0.05) is 90.1 Å². The summed E-state index contributed by atoms with van der Waals surface area (Å²) in [7, 11) is 1.45. The zero-order valence-corrected chi connectivity index (χ0v) is 26.4. The van der Waals surface area contributed by atoms with E-state index in [2.05, 4.69) is 84.0 Å². The van der Waals surface area contributed by atoms with Crippen molar-refractivity contribution in [3.63, 3.8) is 0 Å². The third kappa shape index (κ3) is 4.97. The first-order valence-electron chi connectivity index (χ1n) is 14.2. The van der Waals surface area contributed by atoms with E-state index < -0.39 is 8.24 Å². The van der Waals surface area contributed by atoms with Crippen LogP contribution >= 0.6 is 8.24 Å². The van der Waals surface area contributed by atoms with Gasteiger partial charge in [-0.15, -0.1) is 0 Å². The minimum absolute atomic E-state index is 0.248. The zero-order valence-electron chi connectivity index (χ0n) is 25.5. The van der Waals surface area contributed by atoms with E-state index in [0.29, 0.717) is 0 Å². The SMILES string of the molecule is COc1cc(C(C)(C)C)c2op(Oc3c4ccccc4cc4ccccc34)oc3c(C(C)(C)C)cc(OC)cc3c2c1. The van der Waals surface area contributed by atoms with Gasteiger partial charge in [-0.2, -0.15) is 0 Å². The number of hydrogen-bond acceptors (Lipinski definition) is 5. The summed E-state index contributed by atoms with van der Waals surface area (Å²) in [6.45, 7) is 13.0. The molecule has 0 radical (unpaired) electrons. The lowest BCUT2D eigenvalue weighted by atomic mass is 9.84. The van der Waals surface area contributed by atoms with Crippen LogP contribution in [0, 0.1) is 0 Å². The Kier molecular flexibility index (Phi) is 6.90. The molecule has 0 N–H and O–H groups in total. The normalized spacial score (nSPS) is 12.3. The Hall–Kier alpha value is -4.08. The second kappa shape index (κ2) is 10.3. The highest BCUT2D eigenvalue weighted by Crippen LogP contribution is 2.47. The minimum Gasteiger partial charge on any atom is -0.497 e. The van der Waals surface area contributed by atoms with Crippen LogP contribution in [0.25, 0.3) is 43.5 Å². The summed E-state index contributed by atoms with van der Waals surface area (Å²) in [6, 6.07) is 26.9. The summed E-state index contributed by atoms with van der Waals surface area (Å²) < 4.78 is 32.2. The van der Waals surface area contributed by atoms with E-state index in [1.807, 2.05) is 36.4 Å². The summed E-state index contributed by atoms with van der Waals surface area (Å²) >= 11 is 0. The van der Waals surface area contributed by atoms with Gasteiger partial charge in [-0.25, -0.2) is 0 Å². The molecule has 216 valence electrons. The predicted molar refractivity (Wildman–Crippen MR) is 174 cm³/mol. The topological polar surface area (TPSA) is 54.0 Å². The number of rotatable bonds is 4. The molecule has 0 unspecified atom stereocenters. The van der Waals surface area contributed by atoms with Crippen LogP contribution in [-0.2, 0) is 10.8 Å². The van der Waals surface area contributed by atoms with Gasteiger partial charge >= 0.3 is 8.24 Å². The summed E-state index contributed by atoms with van der Waals surface area (Å²) in [6.07, 6.45) is 0. The van der Waals surface area contributed by atoms with Crippen molar-refractivity contribution in [1.29, 1.82) is 0 Å². The number of hydrogen-bond donors (Lipinski definition) is 0. The molecule has 0 atom stereocenters. The molecule has 0 fully saturated rings. The maximum absolute atomic E-state index is 6.88. The third-order valence-electron chi connectivity index (χ3n) is 7.72. The lowest BCUT2D eigenvalue weighted by molar-refractivity contribution is 0.413. The molecule has 0 aliphatic heterocycles. The van der Waals surface area contributed by atoms with Crippen molar-refractivity contribution in [1.82, 2.24) is 0 Å². The molecule has 6 heteroatoms. The van der Waals surface area contributed by atoms with E-state index in [1.165, 1.54) is 0 Å². The Labute approximate surface area is 247 Å². The van der Waals surface area contributed by atoms with Crippen molar-refractivity contribution in [2.24, 2.45) is 0 Å². The van der Waals surface area contributed by atoms with Gasteiger partial charge in [0.05, 0.1) is 14.2 Å². The van der Waals surface area contributed by atoms with Gasteiger partial charge in [0.2, 0.25) is 0 Å². The lowest BCUT2D eigenvalue weighted by Crippen LogP contribution is -2.12. The van der Waals surface area contributed by atoms with Crippen LogP contribution < -0.4 is 14.0 Å². The fraction of sp³-hybridized carbons (Fsp3) is 0.278. The number of fused-ring (bicyclic) bond motifs is 5. The number of methoxy groups -OCH3 is 2. The smallest absolute Gasteiger partial charge is 0.453 e. The summed E-state index contributed by atoms with van der Waals surface area (Å²) in [5, 5.41) is 5.97. The highest BCUT2D eigenvalue weighted by Gasteiger charge is 2.26. The minimum atomic E-state index is -1.93. The average molecular weight is 581 g/mol. The lowest BCUT2D eigenvalue weighted by Gasteiger charge is -2.21. The van der Waals surface area contributed by atoms with E-state index in [-0.39, 0.29) is 10.8 Å². The molecule has 0 amide bonds. The molecule has 6 aromatic rings. The van der Waals surface area contributed by atoms with E-state index in [9.17, 15) is 0 Å². The van der Waals surface area contributed by atoms with Crippen LogP contribution in [0.1, 0.15) is 52.7 Å². The van der Waals surface area contributed by atoms with Gasteiger partial charge < -0.3 is 22.4 Å². The standard InChI is InChI=1S/C36H37O5P/c1-35(2,3)30-20-24(37-7)18-28-29-19-25(38-8)21-31(36(4,5)6)34(29)41-42(40-33(28)30)39-32-26-15-11-9-13-22(26)17-23-14-10-12-16-27(23)32/h9-21H,1-8H3. The Morgan fingerprint density at radius 1 is 0.548 bits per heavy atom. The maximum atomic E-state index is 6.88. The Balaban J connectivity index is 1.79. The van der Waals surface area contributed by atoms with Crippen LogP contribution in [0.15, 0.2) is 87.3 Å². The van der Waals surface area contributed by atoms with E-state index in [0.717, 1.165) is 71.9 Å². The summed E-state index contributed by atoms with van der Waals surface area (Å²) in [5.74, 6) is 2.25. The highest BCUT2D eigenvalue weighted by atomic mass is 31.1.